The van der Waals surface area contributed by atoms with Crippen molar-refractivity contribution in [3.63, 3.8) is 0 Å². The average molecular weight is 499 g/mol. The maximum absolute atomic E-state index is 13.1. The number of hydrogen-bond acceptors (Lipinski definition) is 10. The fourth-order valence-corrected chi connectivity index (χ4v) is 5.09. The summed E-state index contributed by atoms with van der Waals surface area (Å²) in [7, 11) is 0. The Labute approximate surface area is 197 Å². The SMILES string of the molecule is Cc1nc(N[C@H](C)C(F)(F)F)nc(N[C@@]2(O)CC[C@H](CO)[C@H]2O)c1-c1nc2c(C)nccc2s1. The van der Waals surface area contributed by atoms with Crippen LogP contribution in [0.3, 0.4) is 0 Å². The number of fused-ring (bicyclic) bond motifs is 1. The summed E-state index contributed by atoms with van der Waals surface area (Å²) in [5, 5.41) is 36.7. The third-order valence-electron chi connectivity index (χ3n) is 6.03. The number of rotatable bonds is 6. The zero-order chi connectivity index (χ0) is 24.8. The molecule has 4 atom stereocenters. The van der Waals surface area contributed by atoms with E-state index in [-0.39, 0.29) is 24.8 Å². The third-order valence-corrected chi connectivity index (χ3v) is 7.07. The molecule has 1 aliphatic rings. The molecule has 0 unspecified atom stereocenters. The van der Waals surface area contributed by atoms with E-state index >= 15 is 0 Å². The van der Waals surface area contributed by atoms with Gasteiger partial charge in [0.05, 0.1) is 21.7 Å². The number of aliphatic hydroxyl groups excluding tert-OH is 2. The number of pyridine rings is 1. The quantitative estimate of drug-likeness (QED) is 0.325. The topological polar surface area (TPSA) is 136 Å². The van der Waals surface area contributed by atoms with Gasteiger partial charge < -0.3 is 26.0 Å². The van der Waals surface area contributed by atoms with Crippen LogP contribution in [-0.4, -0.2) is 65.9 Å². The van der Waals surface area contributed by atoms with Crippen molar-refractivity contribution in [1.82, 2.24) is 19.9 Å². The molecule has 0 saturated heterocycles. The number of alkyl halides is 3. The van der Waals surface area contributed by atoms with Gasteiger partial charge in [-0.2, -0.15) is 18.2 Å². The number of halogens is 3. The number of aryl methyl sites for hydroxylation is 2. The molecule has 3 aromatic rings. The molecule has 5 N–H and O–H groups in total. The van der Waals surface area contributed by atoms with Crippen LogP contribution in [0, 0.1) is 19.8 Å². The zero-order valence-corrected chi connectivity index (χ0v) is 19.5. The van der Waals surface area contributed by atoms with Crippen LogP contribution in [0.2, 0.25) is 0 Å². The smallest absolute Gasteiger partial charge is 0.396 e. The summed E-state index contributed by atoms with van der Waals surface area (Å²) in [6, 6.07) is -0.117. The van der Waals surface area contributed by atoms with E-state index in [1.807, 2.05) is 6.92 Å². The van der Waals surface area contributed by atoms with Gasteiger partial charge in [-0.3, -0.25) is 4.98 Å². The fraction of sp³-hybridized carbons (Fsp3) is 0.524. The largest absolute Gasteiger partial charge is 0.408 e. The number of hydrogen-bond donors (Lipinski definition) is 5. The van der Waals surface area contributed by atoms with Gasteiger partial charge in [-0.1, -0.05) is 0 Å². The Balaban J connectivity index is 1.82. The molecule has 0 amide bonds. The van der Waals surface area contributed by atoms with Crippen LogP contribution >= 0.6 is 11.3 Å². The highest BCUT2D eigenvalue weighted by molar-refractivity contribution is 7.21. The van der Waals surface area contributed by atoms with Crippen LogP contribution in [0.4, 0.5) is 24.9 Å². The van der Waals surface area contributed by atoms with Crippen molar-refractivity contribution in [3.8, 4) is 10.6 Å². The van der Waals surface area contributed by atoms with Crippen LogP contribution in [0.15, 0.2) is 12.3 Å². The van der Waals surface area contributed by atoms with Gasteiger partial charge in [-0.25, -0.2) is 9.97 Å². The van der Waals surface area contributed by atoms with Crippen molar-refractivity contribution >= 4 is 33.3 Å². The minimum atomic E-state index is -4.52. The lowest BCUT2D eigenvalue weighted by Gasteiger charge is -2.31. The first-order valence-electron chi connectivity index (χ1n) is 10.7. The highest BCUT2D eigenvalue weighted by Crippen LogP contribution is 2.41. The molecule has 34 heavy (non-hydrogen) atoms. The molecule has 184 valence electrons. The van der Waals surface area contributed by atoms with Crippen LogP contribution in [0.5, 0.6) is 0 Å². The van der Waals surface area contributed by atoms with Gasteiger partial charge in [0, 0.05) is 18.7 Å². The summed E-state index contributed by atoms with van der Waals surface area (Å²) < 4.78 is 40.2. The highest BCUT2D eigenvalue weighted by Gasteiger charge is 2.47. The predicted molar refractivity (Wildman–Crippen MR) is 121 cm³/mol. The monoisotopic (exact) mass is 498 g/mol. The molecule has 1 aliphatic carbocycles. The number of nitrogens with one attached hydrogen (secondary N) is 2. The number of aliphatic hydroxyl groups is 3. The number of nitrogens with zero attached hydrogens (tertiary/aromatic N) is 4. The van der Waals surface area contributed by atoms with E-state index in [1.165, 1.54) is 11.3 Å². The highest BCUT2D eigenvalue weighted by atomic mass is 32.1. The molecule has 0 aliphatic heterocycles. The Morgan fingerprint density at radius 3 is 2.59 bits per heavy atom. The lowest BCUT2D eigenvalue weighted by atomic mass is 10.0. The summed E-state index contributed by atoms with van der Waals surface area (Å²) in [6.07, 6.45) is -3.72. The first-order valence-corrected chi connectivity index (χ1v) is 11.5. The Hall–Kier alpha value is -2.61. The summed E-state index contributed by atoms with van der Waals surface area (Å²) in [6.45, 7) is 4.05. The van der Waals surface area contributed by atoms with Crippen molar-refractivity contribution in [2.75, 3.05) is 17.2 Å². The van der Waals surface area contributed by atoms with E-state index in [2.05, 4.69) is 30.6 Å². The van der Waals surface area contributed by atoms with E-state index in [0.717, 1.165) is 11.6 Å². The Morgan fingerprint density at radius 1 is 1.24 bits per heavy atom. The predicted octanol–water partition coefficient (Wildman–Crippen LogP) is 2.99. The zero-order valence-electron chi connectivity index (χ0n) is 18.7. The molecule has 13 heteroatoms. The molecular weight excluding hydrogens is 473 g/mol. The first-order chi connectivity index (χ1) is 15.9. The molecule has 3 aromatic heterocycles. The van der Waals surface area contributed by atoms with Gasteiger partial charge in [0.15, 0.2) is 5.72 Å². The van der Waals surface area contributed by atoms with Crippen LogP contribution in [0.1, 0.15) is 31.2 Å². The Kier molecular flexibility index (Phi) is 6.40. The molecular formula is C21H25F3N6O3S. The van der Waals surface area contributed by atoms with Gasteiger partial charge in [-0.15, -0.1) is 11.3 Å². The first kappa shape index (κ1) is 24.5. The van der Waals surface area contributed by atoms with Crippen molar-refractivity contribution in [1.29, 1.82) is 0 Å². The molecule has 9 nitrogen and oxygen atoms in total. The summed E-state index contributed by atoms with van der Waals surface area (Å²) >= 11 is 1.32. The number of anilines is 2. The summed E-state index contributed by atoms with van der Waals surface area (Å²) in [5.41, 5.74) is 0.249. The maximum Gasteiger partial charge on any atom is 0.408 e. The minimum Gasteiger partial charge on any atom is -0.396 e. The van der Waals surface area contributed by atoms with E-state index in [4.69, 9.17) is 0 Å². The Bertz CT molecular complexity index is 1210. The van der Waals surface area contributed by atoms with E-state index in [9.17, 15) is 28.5 Å². The standard InChI is InChI=1S/C21H25F3N6O3S/c1-9-14(18-28-15-10(2)25-7-5-13(15)34-18)17(29-19(26-9)27-11(3)21(22,23)24)30-20(33)6-4-12(8-31)16(20)32/h5,7,11-12,16,31-33H,4,6,8H2,1-3H3,(H2,26,27,29,30)/t11-,12-,16-,20-/m1/s1. The van der Waals surface area contributed by atoms with E-state index in [0.29, 0.717) is 33.9 Å². The molecule has 0 aromatic carbocycles. The van der Waals surface area contributed by atoms with Gasteiger partial charge >= 0.3 is 6.18 Å². The van der Waals surface area contributed by atoms with Gasteiger partial charge in [-0.05, 0) is 39.7 Å². The lowest BCUT2D eigenvalue weighted by molar-refractivity contribution is -0.138. The molecule has 1 fully saturated rings. The molecule has 4 rings (SSSR count). The second-order valence-corrected chi connectivity index (χ2v) is 9.53. The van der Waals surface area contributed by atoms with Crippen molar-refractivity contribution < 1.29 is 28.5 Å². The minimum absolute atomic E-state index is 0.0224. The summed E-state index contributed by atoms with van der Waals surface area (Å²) in [4.78, 5) is 17.3. The summed E-state index contributed by atoms with van der Waals surface area (Å²) in [5.74, 6) is -0.820. The van der Waals surface area contributed by atoms with Crippen molar-refractivity contribution in [3.05, 3.63) is 23.7 Å². The van der Waals surface area contributed by atoms with E-state index < -0.39 is 30.0 Å². The fourth-order valence-electron chi connectivity index (χ4n) is 3.98. The second-order valence-electron chi connectivity index (χ2n) is 8.50. The van der Waals surface area contributed by atoms with Crippen LogP contribution in [-0.2, 0) is 0 Å². The molecule has 0 bridgehead atoms. The van der Waals surface area contributed by atoms with E-state index in [1.54, 1.807) is 19.2 Å². The molecule has 3 heterocycles. The van der Waals surface area contributed by atoms with Crippen LogP contribution in [0.25, 0.3) is 20.8 Å². The molecule has 0 spiro atoms. The second kappa shape index (κ2) is 8.87. The Morgan fingerprint density at radius 2 is 1.97 bits per heavy atom. The van der Waals surface area contributed by atoms with Gasteiger partial charge in [0.25, 0.3) is 0 Å². The maximum atomic E-state index is 13.1. The average Bonchev–Trinajstić information content (AvgIpc) is 3.29. The van der Waals surface area contributed by atoms with Gasteiger partial charge in [0.1, 0.15) is 28.5 Å². The lowest BCUT2D eigenvalue weighted by Crippen LogP contribution is -2.48. The third kappa shape index (κ3) is 4.52. The molecule has 0 radical (unpaired) electrons. The number of aromatic nitrogens is 4. The molecule has 1 saturated carbocycles. The van der Waals surface area contributed by atoms with Crippen LogP contribution < -0.4 is 10.6 Å². The van der Waals surface area contributed by atoms with Crippen molar-refractivity contribution in [2.24, 2.45) is 5.92 Å². The van der Waals surface area contributed by atoms with Crippen molar-refractivity contribution in [2.45, 2.75) is 57.7 Å². The van der Waals surface area contributed by atoms with Gasteiger partial charge in [0.2, 0.25) is 5.95 Å². The number of thiazole rings is 1. The normalized spacial score (nSPS) is 23.9.